The van der Waals surface area contributed by atoms with Crippen molar-refractivity contribution in [1.82, 2.24) is 10.6 Å². The zero-order chi connectivity index (χ0) is 17.7. The van der Waals surface area contributed by atoms with E-state index < -0.39 is 4.92 Å². The van der Waals surface area contributed by atoms with Gasteiger partial charge in [-0.25, -0.2) is 0 Å². The van der Waals surface area contributed by atoms with Crippen molar-refractivity contribution in [3.8, 4) is 0 Å². The van der Waals surface area contributed by atoms with Crippen LogP contribution in [0.25, 0.3) is 0 Å². The maximum atomic E-state index is 12.1. The van der Waals surface area contributed by atoms with Crippen molar-refractivity contribution in [3.05, 3.63) is 33.9 Å². The minimum Gasteiger partial charge on any atom is -0.365 e. The minimum absolute atomic E-state index is 0. The van der Waals surface area contributed by atoms with Crippen LogP contribution in [-0.4, -0.2) is 44.1 Å². The van der Waals surface area contributed by atoms with Crippen LogP contribution in [0.4, 0.5) is 11.4 Å². The molecule has 0 aromatic heterocycles. The van der Waals surface area contributed by atoms with Gasteiger partial charge in [0.15, 0.2) is 0 Å². The summed E-state index contributed by atoms with van der Waals surface area (Å²) in [5, 5.41) is 17.2. The summed E-state index contributed by atoms with van der Waals surface area (Å²) in [6.07, 6.45) is 1.14. The summed E-state index contributed by atoms with van der Waals surface area (Å²) in [6.45, 7) is 7.06. The Bertz CT molecular complexity index is 602. The predicted octanol–water partition coefficient (Wildman–Crippen LogP) is 2.45. The zero-order valence-corrected chi connectivity index (χ0v) is 15.8. The van der Waals surface area contributed by atoms with Crippen LogP contribution in [0.5, 0.6) is 0 Å². The van der Waals surface area contributed by atoms with Crippen LogP contribution in [0.15, 0.2) is 18.2 Å². The van der Waals surface area contributed by atoms with Gasteiger partial charge in [0.1, 0.15) is 5.69 Å². The highest BCUT2D eigenvalue weighted by molar-refractivity contribution is 5.95. The molecule has 0 radical (unpaired) electrons. The molecule has 7 nitrogen and oxygen atoms in total. The normalized spacial score (nSPS) is 19.9. The van der Waals surface area contributed by atoms with E-state index in [0.29, 0.717) is 36.2 Å². The number of benzene rings is 1. The zero-order valence-electron chi connectivity index (χ0n) is 14.9. The lowest BCUT2D eigenvalue weighted by Gasteiger charge is -2.36. The number of nitro benzene ring substituents is 1. The highest BCUT2D eigenvalue weighted by Gasteiger charge is 2.27. The fourth-order valence-electron chi connectivity index (χ4n) is 3.34. The maximum Gasteiger partial charge on any atom is 0.293 e. The SMILES string of the molecule is CNCCNC(=O)c1ccc(N2CC(C)CC(C)C2)c([N+](=O)[O-])c1.Cl. The molecular formula is C17H27ClN4O3. The average molecular weight is 371 g/mol. The summed E-state index contributed by atoms with van der Waals surface area (Å²) in [5.74, 6) is 0.705. The molecule has 1 fully saturated rings. The Morgan fingerprint density at radius 2 is 1.92 bits per heavy atom. The molecule has 25 heavy (non-hydrogen) atoms. The number of nitrogens with zero attached hydrogens (tertiary/aromatic N) is 2. The third kappa shape index (κ3) is 5.57. The molecule has 140 valence electrons. The molecule has 2 atom stereocenters. The molecule has 2 unspecified atom stereocenters. The van der Waals surface area contributed by atoms with Crippen LogP contribution in [-0.2, 0) is 0 Å². The number of nitro groups is 1. The first-order valence-corrected chi connectivity index (χ1v) is 8.38. The van der Waals surface area contributed by atoms with Gasteiger partial charge in [-0.1, -0.05) is 13.8 Å². The summed E-state index contributed by atoms with van der Waals surface area (Å²) >= 11 is 0. The Kier molecular flexibility index (Phi) is 8.12. The molecule has 2 N–H and O–H groups in total. The highest BCUT2D eigenvalue weighted by atomic mass is 35.5. The molecule has 1 amide bonds. The van der Waals surface area contributed by atoms with Crippen LogP contribution in [0.1, 0.15) is 30.6 Å². The number of hydrogen-bond acceptors (Lipinski definition) is 5. The van der Waals surface area contributed by atoms with Crippen molar-refractivity contribution in [2.24, 2.45) is 11.8 Å². The molecule has 1 aliphatic heterocycles. The number of carbonyl (C=O) groups excluding carboxylic acids is 1. The summed E-state index contributed by atoms with van der Waals surface area (Å²) in [4.78, 5) is 25.3. The van der Waals surface area contributed by atoms with Gasteiger partial charge in [-0.05, 0) is 37.4 Å². The number of nitrogens with one attached hydrogen (secondary N) is 2. The average Bonchev–Trinajstić information content (AvgIpc) is 2.53. The molecule has 1 heterocycles. The Morgan fingerprint density at radius 1 is 1.28 bits per heavy atom. The molecular weight excluding hydrogens is 344 g/mol. The van der Waals surface area contributed by atoms with Gasteiger partial charge in [0.25, 0.3) is 11.6 Å². The number of hydrogen-bond donors (Lipinski definition) is 2. The van der Waals surface area contributed by atoms with E-state index in [9.17, 15) is 14.9 Å². The second kappa shape index (κ2) is 9.58. The second-order valence-electron chi connectivity index (χ2n) is 6.67. The summed E-state index contributed by atoms with van der Waals surface area (Å²) in [5.41, 5.74) is 0.919. The quantitative estimate of drug-likeness (QED) is 0.456. The number of rotatable bonds is 6. The Morgan fingerprint density at radius 3 is 2.48 bits per heavy atom. The van der Waals surface area contributed by atoms with Crippen LogP contribution >= 0.6 is 12.4 Å². The molecule has 8 heteroatoms. The Hall–Kier alpha value is -1.86. The first-order valence-electron chi connectivity index (χ1n) is 8.38. The van der Waals surface area contributed by atoms with Crippen molar-refractivity contribution in [2.45, 2.75) is 20.3 Å². The smallest absolute Gasteiger partial charge is 0.293 e. The van der Waals surface area contributed by atoms with Crippen molar-refractivity contribution < 1.29 is 9.72 Å². The van der Waals surface area contributed by atoms with Gasteiger partial charge in [-0.2, -0.15) is 0 Å². The third-order valence-electron chi connectivity index (χ3n) is 4.30. The standard InChI is InChI=1S/C17H26N4O3.ClH/c1-12-8-13(2)11-20(10-12)15-5-4-14(9-16(15)21(23)24)17(22)19-7-6-18-3;/h4-5,9,12-13,18H,6-8,10-11H2,1-3H3,(H,19,22);1H. The van der Waals surface area contributed by atoms with Crippen molar-refractivity contribution in [3.63, 3.8) is 0 Å². The highest BCUT2D eigenvalue weighted by Crippen LogP contribution is 2.33. The lowest BCUT2D eigenvalue weighted by molar-refractivity contribution is -0.384. The molecule has 0 bridgehead atoms. The maximum absolute atomic E-state index is 12.1. The monoisotopic (exact) mass is 370 g/mol. The Balaban J connectivity index is 0.00000312. The van der Waals surface area contributed by atoms with E-state index in [2.05, 4.69) is 29.4 Å². The molecule has 2 rings (SSSR count). The molecule has 1 aromatic carbocycles. The summed E-state index contributed by atoms with van der Waals surface area (Å²) in [7, 11) is 1.80. The number of likely N-dealkylation sites (N-methyl/N-ethyl adjacent to an activating group) is 1. The van der Waals surface area contributed by atoms with Crippen LogP contribution in [0.3, 0.4) is 0 Å². The number of amides is 1. The molecule has 1 saturated heterocycles. The first-order chi connectivity index (χ1) is 11.4. The van der Waals surface area contributed by atoms with E-state index in [-0.39, 0.29) is 24.0 Å². The minimum atomic E-state index is -0.399. The van der Waals surface area contributed by atoms with E-state index in [1.807, 2.05) is 0 Å². The van der Waals surface area contributed by atoms with E-state index in [1.54, 1.807) is 19.2 Å². The fraction of sp³-hybridized carbons (Fsp3) is 0.588. The summed E-state index contributed by atoms with van der Waals surface area (Å²) in [6, 6.07) is 4.75. The topological polar surface area (TPSA) is 87.5 Å². The van der Waals surface area contributed by atoms with E-state index in [4.69, 9.17) is 0 Å². The number of piperidine rings is 1. The van der Waals surface area contributed by atoms with Gasteiger partial charge in [0.2, 0.25) is 0 Å². The van der Waals surface area contributed by atoms with Gasteiger partial charge in [0, 0.05) is 37.8 Å². The lowest BCUT2D eigenvalue weighted by Crippen LogP contribution is -2.39. The van der Waals surface area contributed by atoms with E-state index >= 15 is 0 Å². The number of halogens is 1. The number of carbonyl (C=O) groups is 1. The van der Waals surface area contributed by atoms with Gasteiger partial charge < -0.3 is 15.5 Å². The molecule has 0 spiro atoms. The number of anilines is 1. The van der Waals surface area contributed by atoms with Gasteiger partial charge in [0.05, 0.1) is 4.92 Å². The largest absolute Gasteiger partial charge is 0.365 e. The molecule has 1 aromatic rings. The van der Waals surface area contributed by atoms with Gasteiger partial charge in [-0.3, -0.25) is 14.9 Å². The second-order valence-corrected chi connectivity index (χ2v) is 6.67. The van der Waals surface area contributed by atoms with E-state index in [1.165, 1.54) is 6.07 Å². The lowest BCUT2D eigenvalue weighted by atomic mass is 9.91. The third-order valence-corrected chi connectivity index (χ3v) is 4.30. The van der Waals surface area contributed by atoms with E-state index in [0.717, 1.165) is 19.5 Å². The molecule has 0 aliphatic carbocycles. The van der Waals surface area contributed by atoms with Gasteiger partial charge >= 0.3 is 0 Å². The Labute approximate surface area is 154 Å². The van der Waals surface area contributed by atoms with Crippen LogP contribution in [0, 0.1) is 22.0 Å². The molecule has 0 saturated carbocycles. The van der Waals surface area contributed by atoms with Crippen molar-refractivity contribution in [2.75, 3.05) is 38.1 Å². The van der Waals surface area contributed by atoms with Crippen LogP contribution in [0.2, 0.25) is 0 Å². The molecule has 1 aliphatic rings. The van der Waals surface area contributed by atoms with Crippen LogP contribution < -0.4 is 15.5 Å². The first kappa shape index (κ1) is 21.2. The fourth-order valence-corrected chi connectivity index (χ4v) is 3.34. The van der Waals surface area contributed by atoms with Gasteiger partial charge in [-0.15, -0.1) is 12.4 Å². The predicted molar refractivity (Wildman–Crippen MR) is 102 cm³/mol. The van der Waals surface area contributed by atoms with Crippen molar-refractivity contribution in [1.29, 1.82) is 0 Å². The summed E-state index contributed by atoms with van der Waals surface area (Å²) < 4.78 is 0. The van der Waals surface area contributed by atoms with Crippen molar-refractivity contribution >= 4 is 29.7 Å².